The fourth-order valence-corrected chi connectivity index (χ4v) is 8.26. The molecule has 10 atom stereocenters. The quantitative estimate of drug-likeness (QED) is 0.0893. The molecule has 384 valence electrons. The second-order valence-corrected chi connectivity index (χ2v) is 18.9. The van der Waals surface area contributed by atoms with E-state index < -0.39 is 120 Å². The molecular weight excluding hydrogens is 907 g/mol. The highest BCUT2D eigenvalue weighted by molar-refractivity contribution is 5.98. The number of nitrogens with two attached hydrogens (primary N) is 1. The Kier molecular flexibility index (Phi) is 20.5. The molecule has 2 bridgehead atoms. The van der Waals surface area contributed by atoms with Gasteiger partial charge in [-0.1, -0.05) is 90.4 Å². The minimum absolute atomic E-state index is 0.0257. The number of aromatic hydroxyl groups is 1. The van der Waals surface area contributed by atoms with E-state index in [9.17, 15) is 48.6 Å². The topological polar surface area (TPSA) is 308 Å². The average Bonchev–Trinajstić information content (AvgIpc) is 3.31. The number of esters is 1. The van der Waals surface area contributed by atoms with E-state index in [4.69, 9.17) is 10.5 Å². The Balaban J connectivity index is 1.89. The summed E-state index contributed by atoms with van der Waals surface area (Å²) >= 11 is 0. The lowest BCUT2D eigenvalue weighted by Crippen LogP contribution is -2.63. The lowest BCUT2D eigenvalue weighted by molar-refractivity contribution is -0.166. The number of nitrogens with one attached hydrogen (secondary N) is 6. The van der Waals surface area contributed by atoms with Gasteiger partial charge in [-0.05, 0) is 74.1 Å². The monoisotopic (exact) mass is 978 g/mol. The molecule has 21 heteroatoms. The molecule has 0 spiro atoms. The maximum absolute atomic E-state index is 15.1. The number of carbonyl (C=O) groups excluding carboxylic acids is 9. The van der Waals surface area contributed by atoms with Gasteiger partial charge in [-0.3, -0.25) is 38.5 Å². The molecule has 9 amide bonds. The number of nitrogens with zero attached hydrogens (tertiary/aromatic N) is 2. The molecular formula is C49H71N9O12. The van der Waals surface area contributed by atoms with Crippen molar-refractivity contribution < 1.29 is 58.1 Å². The Labute approximate surface area is 408 Å². The summed E-state index contributed by atoms with van der Waals surface area (Å²) in [5, 5.41) is 37.5. The SMILES string of the molecule is CCC(C)[C@@H]1NC(=O)[C@H](Cc2ccc(O)cc2)N(C)C(=O)C(c2ccccc2)N2C(=O)C(CC[C@@H]2O)NC(=O)[C@H](CC(C)C)NC(=O)[C@@H](NC(=O)[C@H](CCCNC(N)=O)NC(=O)C(C)C)[C@@H](C)OC1=O. The summed E-state index contributed by atoms with van der Waals surface area (Å²) in [7, 11) is 1.36. The minimum Gasteiger partial charge on any atom is -0.508 e. The van der Waals surface area contributed by atoms with Crippen molar-refractivity contribution in [2.45, 2.75) is 148 Å². The van der Waals surface area contributed by atoms with Gasteiger partial charge in [0.15, 0.2) is 0 Å². The lowest BCUT2D eigenvalue weighted by atomic mass is 9.94. The zero-order valence-corrected chi connectivity index (χ0v) is 41.2. The Morgan fingerprint density at radius 2 is 1.51 bits per heavy atom. The first-order valence-electron chi connectivity index (χ1n) is 23.9. The van der Waals surface area contributed by atoms with Crippen molar-refractivity contribution in [2.24, 2.45) is 23.5 Å². The number of hydrogen-bond acceptors (Lipinski definition) is 12. The van der Waals surface area contributed by atoms with Crippen LogP contribution >= 0.6 is 0 Å². The van der Waals surface area contributed by atoms with Crippen LogP contribution in [0, 0.1) is 17.8 Å². The van der Waals surface area contributed by atoms with Crippen molar-refractivity contribution in [3.8, 4) is 5.75 Å². The van der Waals surface area contributed by atoms with Gasteiger partial charge in [-0.2, -0.15) is 0 Å². The number of piperidine rings is 1. The number of aliphatic hydroxyl groups excluding tert-OH is 1. The van der Waals surface area contributed by atoms with Gasteiger partial charge >= 0.3 is 12.0 Å². The van der Waals surface area contributed by atoms with Crippen molar-refractivity contribution in [1.82, 2.24) is 41.7 Å². The molecule has 0 radical (unpaired) electrons. The molecule has 3 unspecified atom stereocenters. The number of phenolic OH excluding ortho intramolecular Hbond substituents is 1. The normalized spacial score (nSPS) is 25.0. The van der Waals surface area contributed by atoms with Crippen LogP contribution in [0.2, 0.25) is 0 Å². The summed E-state index contributed by atoms with van der Waals surface area (Å²) in [5.41, 5.74) is 6.00. The number of urea groups is 1. The maximum atomic E-state index is 15.1. The van der Waals surface area contributed by atoms with Gasteiger partial charge in [0.1, 0.15) is 60.4 Å². The summed E-state index contributed by atoms with van der Waals surface area (Å²) in [6.07, 6.45) is -2.80. The summed E-state index contributed by atoms with van der Waals surface area (Å²) in [6.45, 7) is 11.6. The molecule has 2 aromatic carbocycles. The first-order chi connectivity index (χ1) is 33.0. The van der Waals surface area contributed by atoms with Crippen LogP contribution in [0.3, 0.4) is 0 Å². The van der Waals surface area contributed by atoms with Gasteiger partial charge in [0.2, 0.25) is 35.4 Å². The number of fused-ring (bicyclic) bond motifs is 2. The molecule has 2 heterocycles. The second kappa shape index (κ2) is 25.7. The predicted octanol–water partition coefficient (Wildman–Crippen LogP) is 1.01. The van der Waals surface area contributed by atoms with E-state index in [-0.39, 0.29) is 62.3 Å². The first-order valence-corrected chi connectivity index (χ1v) is 23.9. The van der Waals surface area contributed by atoms with Crippen molar-refractivity contribution >= 4 is 53.4 Å². The Morgan fingerprint density at radius 3 is 2.11 bits per heavy atom. The van der Waals surface area contributed by atoms with Gasteiger partial charge in [-0.15, -0.1) is 0 Å². The van der Waals surface area contributed by atoms with Gasteiger partial charge < -0.3 is 57.5 Å². The Morgan fingerprint density at radius 1 is 0.857 bits per heavy atom. The Hall–Kier alpha value is -6.77. The standard InChI is InChI=1S/C49H71N9O12/c1-9-28(6)38-48(68)70-29(7)39(56-42(62)33(52-41(61)27(4)5)16-13-23-51-49(50)69)45(65)54-35(24-26(2)3)43(63)53-34-21-22-37(60)58(46(34)66)40(31-14-11-10-12-15-31)47(67)57(8)36(44(64)55-38)25-30-17-19-32(59)20-18-30/h10-12,14-15,17-20,26-29,33-40,59-60H,9,13,16,21-25H2,1-8H3,(H,52,61)(H,53,63)(H,54,65)(H,55,64)(H,56,62)(H3,50,51,69)/t28?,29-,33+,34?,35+,36+,37+,38+,39+,40?/m1/s1. The molecule has 2 aromatic rings. The highest BCUT2D eigenvalue weighted by Crippen LogP contribution is 2.32. The fraction of sp³-hybridized carbons (Fsp3) is 0.571. The van der Waals surface area contributed by atoms with Crippen LogP contribution < -0.4 is 37.6 Å². The van der Waals surface area contributed by atoms with Crippen LogP contribution in [-0.2, 0) is 49.5 Å². The molecule has 70 heavy (non-hydrogen) atoms. The highest BCUT2D eigenvalue weighted by atomic mass is 16.5. The molecule has 2 aliphatic rings. The summed E-state index contributed by atoms with van der Waals surface area (Å²) in [5.74, 6) is -8.00. The third-order valence-electron chi connectivity index (χ3n) is 12.6. The van der Waals surface area contributed by atoms with E-state index in [2.05, 4.69) is 31.9 Å². The molecule has 0 aliphatic carbocycles. The summed E-state index contributed by atoms with van der Waals surface area (Å²) in [4.78, 5) is 129. The number of hydrogen-bond donors (Lipinski definition) is 9. The minimum atomic E-state index is -1.73. The number of rotatable bonds is 15. The zero-order valence-electron chi connectivity index (χ0n) is 41.2. The van der Waals surface area contributed by atoms with E-state index in [1.54, 1.807) is 84.0 Å². The van der Waals surface area contributed by atoms with Crippen LogP contribution in [0.1, 0.15) is 104 Å². The molecule has 4 rings (SSSR count). The summed E-state index contributed by atoms with van der Waals surface area (Å²) in [6, 6.07) is 3.33. The van der Waals surface area contributed by atoms with Gasteiger partial charge in [0, 0.05) is 25.9 Å². The van der Waals surface area contributed by atoms with Crippen LogP contribution in [0.5, 0.6) is 5.75 Å². The van der Waals surface area contributed by atoms with Gasteiger partial charge in [-0.25, -0.2) is 9.59 Å². The number of carbonyl (C=O) groups is 9. The summed E-state index contributed by atoms with van der Waals surface area (Å²) < 4.78 is 5.96. The van der Waals surface area contributed by atoms with E-state index in [0.29, 0.717) is 12.0 Å². The molecule has 2 saturated heterocycles. The molecule has 2 aliphatic heterocycles. The number of likely N-dealkylation sites (N-methyl/N-ethyl adjacent to an activating group) is 1. The van der Waals surface area contributed by atoms with Crippen LogP contribution in [0.4, 0.5) is 4.79 Å². The Bertz CT molecular complexity index is 2180. The zero-order chi connectivity index (χ0) is 52.0. The first kappa shape index (κ1) is 55.8. The van der Waals surface area contributed by atoms with Crippen molar-refractivity contribution in [2.75, 3.05) is 13.6 Å². The lowest BCUT2D eigenvalue weighted by Gasteiger charge is -2.43. The largest absolute Gasteiger partial charge is 0.508 e. The molecule has 21 nitrogen and oxygen atoms in total. The molecule has 0 saturated carbocycles. The van der Waals surface area contributed by atoms with Crippen molar-refractivity contribution in [3.05, 3.63) is 65.7 Å². The van der Waals surface area contributed by atoms with E-state index in [1.165, 1.54) is 26.1 Å². The van der Waals surface area contributed by atoms with Crippen molar-refractivity contribution in [3.63, 3.8) is 0 Å². The van der Waals surface area contributed by atoms with Gasteiger partial charge in [0.05, 0.1) is 0 Å². The second-order valence-electron chi connectivity index (χ2n) is 18.9. The molecule has 2 fully saturated rings. The number of amides is 9. The van der Waals surface area contributed by atoms with Crippen LogP contribution in [0.15, 0.2) is 54.6 Å². The number of primary amides is 1. The third-order valence-corrected chi connectivity index (χ3v) is 12.6. The number of aliphatic hydroxyl groups is 1. The molecule has 10 N–H and O–H groups in total. The van der Waals surface area contributed by atoms with Crippen LogP contribution in [0.25, 0.3) is 0 Å². The highest BCUT2D eigenvalue weighted by Gasteiger charge is 2.46. The molecule has 0 aromatic heterocycles. The third kappa shape index (κ3) is 15.1. The number of ether oxygens (including phenoxy) is 1. The number of cyclic esters (lactones) is 1. The number of phenols is 1. The smallest absolute Gasteiger partial charge is 0.329 e. The number of benzene rings is 2. The van der Waals surface area contributed by atoms with Gasteiger partial charge in [0.25, 0.3) is 5.91 Å². The fourth-order valence-electron chi connectivity index (χ4n) is 8.26. The van der Waals surface area contributed by atoms with E-state index in [1.807, 2.05) is 0 Å². The predicted molar refractivity (Wildman–Crippen MR) is 255 cm³/mol. The van der Waals surface area contributed by atoms with Crippen LogP contribution in [-0.4, -0.2) is 136 Å². The van der Waals surface area contributed by atoms with E-state index >= 15 is 4.79 Å². The van der Waals surface area contributed by atoms with E-state index in [0.717, 1.165) is 9.80 Å². The average molecular weight is 978 g/mol. The maximum Gasteiger partial charge on any atom is 0.329 e. The van der Waals surface area contributed by atoms with Crippen molar-refractivity contribution in [1.29, 1.82) is 0 Å².